The third-order valence-corrected chi connectivity index (χ3v) is 4.13. The number of pyridine rings is 1. The second-order valence-electron chi connectivity index (χ2n) is 6.31. The Hall–Kier alpha value is -3.20. The number of carboxylic acids is 2. The van der Waals surface area contributed by atoms with Gasteiger partial charge in [-0.05, 0) is 18.6 Å². The van der Waals surface area contributed by atoms with Crippen LogP contribution in [0.4, 0.5) is 0 Å². The zero-order valence-corrected chi connectivity index (χ0v) is 15.5. The van der Waals surface area contributed by atoms with Crippen LogP contribution in [0.15, 0.2) is 42.6 Å². The van der Waals surface area contributed by atoms with E-state index >= 15 is 0 Å². The van der Waals surface area contributed by atoms with E-state index in [1.807, 2.05) is 7.05 Å². The van der Waals surface area contributed by atoms with Crippen LogP contribution in [0.25, 0.3) is 0 Å². The van der Waals surface area contributed by atoms with Gasteiger partial charge in [0.25, 0.3) is 5.91 Å². The van der Waals surface area contributed by atoms with Crippen LogP contribution in [0.3, 0.4) is 0 Å². The van der Waals surface area contributed by atoms with E-state index in [0.717, 1.165) is 26.1 Å². The molecule has 0 aromatic carbocycles. The molecule has 3 heterocycles. The Balaban J connectivity index is 0.000000300. The Morgan fingerprint density at radius 3 is 2.50 bits per heavy atom. The van der Waals surface area contributed by atoms with Crippen molar-refractivity contribution in [2.24, 2.45) is 0 Å². The molecular weight excluding hydrogens is 366 g/mol. The van der Waals surface area contributed by atoms with Crippen molar-refractivity contribution in [2.45, 2.75) is 12.5 Å². The molecule has 1 unspecified atom stereocenters. The first-order valence-corrected chi connectivity index (χ1v) is 8.75. The van der Waals surface area contributed by atoms with Gasteiger partial charge in [-0.25, -0.2) is 14.6 Å². The van der Waals surface area contributed by atoms with Crippen LogP contribution >= 0.6 is 0 Å². The third kappa shape index (κ3) is 6.51. The summed E-state index contributed by atoms with van der Waals surface area (Å²) in [5.74, 6) is -2.07. The van der Waals surface area contributed by atoms with Crippen molar-refractivity contribution >= 4 is 17.8 Å². The highest BCUT2D eigenvalue weighted by Crippen LogP contribution is 2.22. The van der Waals surface area contributed by atoms with Gasteiger partial charge in [0, 0.05) is 45.0 Å². The lowest BCUT2D eigenvalue weighted by Gasteiger charge is -2.22. The molecule has 2 aliphatic heterocycles. The number of carboxylic acid groups (broad SMARTS) is 2. The summed E-state index contributed by atoms with van der Waals surface area (Å²) in [4.78, 5) is 39.6. The predicted octanol–water partition coefficient (Wildman–Crippen LogP) is 0.888. The lowest BCUT2D eigenvalue weighted by molar-refractivity contribution is -0.134. The zero-order chi connectivity index (χ0) is 20.5. The molecule has 3 rings (SSSR count). The predicted molar refractivity (Wildman–Crippen MR) is 100 cm³/mol. The van der Waals surface area contributed by atoms with Crippen molar-refractivity contribution < 1.29 is 29.3 Å². The normalized spacial score (nSPS) is 18.8. The summed E-state index contributed by atoms with van der Waals surface area (Å²) in [6.45, 7) is 3.60. The van der Waals surface area contributed by atoms with Crippen LogP contribution in [-0.4, -0.2) is 82.2 Å². The molecule has 1 aromatic rings. The van der Waals surface area contributed by atoms with E-state index < -0.39 is 11.9 Å². The van der Waals surface area contributed by atoms with E-state index in [4.69, 9.17) is 14.9 Å². The van der Waals surface area contributed by atoms with Crippen LogP contribution < -0.4 is 4.74 Å². The fraction of sp³-hybridized carbons (Fsp3) is 0.368. The van der Waals surface area contributed by atoms with Gasteiger partial charge in [0.15, 0.2) is 0 Å². The number of nitrogens with zero attached hydrogens (tertiary/aromatic N) is 3. The number of amides is 1. The second-order valence-corrected chi connectivity index (χ2v) is 6.31. The summed E-state index contributed by atoms with van der Waals surface area (Å²) >= 11 is 0. The minimum absolute atomic E-state index is 0.000648. The minimum Gasteiger partial charge on any atom is -0.478 e. The maximum atomic E-state index is 12.2. The molecule has 1 aromatic heterocycles. The topological polar surface area (TPSA) is 120 Å². The van der Waals surface area contributed by atoms with Crippen molar-refractivity contribution in [3.63, 3.8) is 0 Å². The molecule has 9 heteroatoms. The van der Waals surface area contributed by atoms with Gasteiger partial charge in [-0.1, -0.05) is 12.2 Å². The highest BCUT2D eigenvalue weighted by atomic mass is 16.5. The SMILES string of the molecule is CN1CC(CCN2CC=CC2)Oc2ncccc2C1=O.O=C(O)/C=C/C(=O)O. The van der Waals surface area contributed by atoms with E-state index in [2.05, 4.69) is 22.0 Å². The molecule has 0 radical (unpaired) electrons. The number of hydrogen-bond donors (Lipinski definition) is 2. The van der Waals surface area contributed by atoms with Gasteiger partial charge >= 0.3 is 11.9 Å². The number of fused-ring (bicyclic) bond motifs is 1. The monoisotopic (exact) mass is 389 g/mol. The summed E-state index contributed by atoms with van der Waals surface area (Å²) in [5.41, 5.74) is 0.556. The Bertz CT molecular complexity index is 753. The van der Waals surface area contributed by atoms with Gasteiger partial charge in [0.1, 0.15) is 11.7 Å². The van der Waals surface area contributed by atoms with Gasteiger partial charge in [0.2, 0.25) is 5.88 Å². The first kappa shape index (κ1) is 21.1. The number of carbonyl (C=O) groups excluding carboxylic acids is 1. The number of ether oxygens (including phenoxy) is 1. The zero-order valence-electron chi connectivity index (χ0n) is 15.5. The van der Waals surface area contributed by atoms with E-state index in [1.165, 1.54) is 0 Å². The highest BCUT2D eigenvalue weighted by molar-refractivity contribution is 5.96. The van der Waals surface area contributed by atoms with Crippen LogP contribution in [0.5, 0.6) is 5.88 Å². The summed E-state index contributed by atoms with van der Waals surface area (Å²) in [6.07, 6.45) is 8.04. The first-order valence-electron chi connectivity index (χ1n) is 8.75. The number of carbonyl (C=O) groups is 3. The smallest absolute Gasteiger partial charge is 0.328 e. The van der Waals surface area contributed by atoms with Gasteiger partial charge in [-0.2, -0.15) is 0 Å². The lowest BCUT2D eigenvalue weighted by atomic mass is 10.2. The van der Waals surface area contributed by atoms with Gasteiger partial charge in [-0.3, -0.25) is 9.69 Å². The quantitative estimate of drug-likeness (QED) is 0.563. The summed E-state index contributed by atoms with van der Waals surface area (Å²) in [7, 11) is 1.82. The third-order valence-electron chi connectivity index (χ3n) is 4.13. The average Bonchev–Trinajstić information content (AvgIpc) is 3.14. The fourth-order valence-corrected chi connectivity index (χ4v) is 2.76. The molecule has 150 valence electrons. The van der Waals surface area contributed by atoms with Crippen molar-refractivity contribution in [2.75, 3.05) is 33.2 Å². The van der Waals surface area contributed by atoms with Gasteiger partial charge < -0.3 is 19.8 Å². The Morgan fingerprint density at radius 1 is 1.25 bits per heavy atom. The molecule has 28 heavy (non-hydrogen) atoms. The van der Waals surface area contributed by atoms with Crippen molar-refractivity contribution in [3.8, 4) is 5.88 Å². The van der Waals surface area contributed by atoms with Crippen LogP contribution in [0.1, 0.15) is 16.8 Å². The average molecular weight is 389 g/mol. The Kier molecular flexibility index (Phi) is 7.70. The first-order chi connectivity index (χ1) is 13.4. The number of aromatic nitrogens is 1. The summed E-state index contributed by atoms with van der Waals surface area (Å²) in [6, 6.07) is 3.54. The minimum atomic E-state index is -1.26. The van der Waals surface area contributed by atoms with E-state index in [1.54, 1.807) is 23.2 Å². The molecule has 1 atom stereocenters. The van der Waals surface area contributed by atoms with Crippen LogP contribution in [0.2, 0.25) is 0 Å². The van der Waals surface area contributed by atoms with E-state index in [-0.39, 0.29) is 12.0 Å². The standard InChI is InChI=1S/C15H19N3O2.C4H4O4/c1-17-11-12(6-10-18-8-2-3-9-18)20-14-13(15(17)19)5-4-7-16-14;5-3(6)1-2-4(7)8/h2-5,7,12H,6,8-11H2,1H3;1-2H,(H,5,6)(H,7,8)/b;2-1+. The molecular formula is C19H23N3O6. The number of likely N-dealkylation sites (N-methyl/N-ethyl adjacent to an activating group) is 1. The maximum Gasteiger partial charge on any atom is 0.328 e. The molecule has 0 saturated carbocycles. The van der Waals surface area contributed by atoms with Gasteiger partial charge in [0.05, 0.1) is 6.54 Å². The molecule has 0 bridgehead atoms. The van der Waals surface area contributed by atoms with Crippen LogP contribution in [0, 0.1) is 0 Å². The Labute approximate surface area is 162 Å². The fourth-order valence-electron chi connectivity index (χ4n) is 2.76. The van der Waals surface area contributed by atoms with Gasteiger partial charge in [-0.15, -0.1) is 0 Å². The molecule has 0 saturated heterocycles. The number of rotatable bonds is 5. The number of aliphatic carboxylic acids is 2. The Morgan fingerprint density at radius 2 is 1.89 bits per heavy atom. The molecule has 0 fully saturated rings. The summed E-state index contributed by atoms with van der Waals surface area (Å²) < 4.78 is 5.94. The van der Waals surface area contributed by atoms with E-state index in [9.17, 15) is 14.4 Å². The molecule has 0 spiro atoms. The molecule has 2 aliphatic rings. The van der Waals surface area contributed by atoms with Crippen molar-refractivity contribution in [1.82, 2.24) is 14.8 Å². The maximum absolute atomic E-state index is 12.2. The second kappa shape index (κ2) is 10.2. The lowest BCUT2D eigenvalue weighted by Crippen LogP contribution is -2.36. The van der Waals surface area contributed by atoms with Crippen LogP contribution in [-0.2, 0) is 9.59 Å². The molecule has 9 nitrogen and oxygen atoms in total. The largest absolute Gasteiger partial charge is 0.478 e. The molecule has 1 amide bonds. The summed E-state index contributed by atoms with van der Waals surface area (Å²) in [5, 5.41) is 15.6. The van der Waals surface area contributed by atoms with Crippen molar-refractivity contribution in [1.29, 1.82) is 0 Å². The highest BCUT2D eigenvalue weighted by Gasteiger charge is 2.27. The molecule has 0 aliphatic carbocycles. The number of hydrogen-bond acceptors (Lipinski definition) is 6. The van der Waals surface area contributed by atoms with E-state index in [0.29, 0.717) is 30.1 Å². The van der Waals surface area contributed by atoms with Crippen molar-refractivity contribution in [3.05, 3.63) is 48.2 Å². The molecule has 2 N–H and O–H groups in total.